The second-order valence-corrected chi connectivity index (χ2v) is 4.68. The van der Waals surface area contributed by atoms with Crippen molar-refractivity contribution in [3.8, 4) is 0 Å². The highest BCUT2D eigenvalue weighted by Gasteiger charge is 2.10. The molecule has 0 amide bonds. The topological polar surface area (TPSA) is 37.8 Å². The van der Waals surface area contributed by atoms with E-state index in [0.717, 1.165) is 18.2 Å². The van der Waals surface area contributed by atoms with Crippen LogP contribution in [0, 0.1) is 5.92 Å². The van der Waals surface area contributed by atoms with E-state index in [-0.39, 0.29) is 0 Å². The van der Waals surface area contributed by atoms with Crippen molar-refractivity contribution in [2.75, 3.05) is 6.54 Å². The number of rotatable bonds is 8. The van der Waals surface area contributed by atoms with Gasteiger partial charge in [-0.1, -0.05) is 33.1 Å². The Bertz CT molecular complexity index is 287. The van der Waals surface area contributed by atoms with E-state index in [1.807, 2.05) is 6.20 Å². The molecule has 3 nitrogen and oxygen atoms in total. The zero-order chi connectivity index (χ0) is 12.5. The fourth-order valence-electron chi connectivity index (χ4n) is 1.93. The first kappa shape index (κ1) is 14.1. The molecule has 0 aliphatic carbocycles. The van der Waals surface area contributed by atoms with E-state index in [1.165, 1.54) is 25.7 Å². The van der Waals surface area contributed by atoms with Gasteiger partial charge in [0.2, 0.25) is 0 Å². The summed E-state index contributed by atoms with van der Waals surface area (Å²) in [4.78, 5) is 8.42. The van der Waals surface area contributed by atoms with Crippen LogP contribution >= 0.6 is 0 Å². The van der Waals surface area contributed by atoms with Crippen LogP contribution in [0.5, 0.6) is 0 Å². The smallest absolute Gasteiger partial charge is 0.0753 e. The minimum atomic E-state index is 0.291. The van der Waals surface area contributed by atoms with Gasteiger partial charge in [0.05, 0.1) is 5.69 Å². The van der Waals surface area contributed by atoms with E-state index in [9.17, 15) is 0 Å². The van der Waals surface area contributed by atoms with Gasteiger partial charge in [-0.3, -0.25) is 9.97 Å². The van der Waals surface area contributed by atoms with Crippen molar-refractivity contribution >= 4 is 0 Å². The molecule has 1 rings (SSSR count). The Morgan fingerprint density at radius 2 is 2.12 bits per heavy atom. The van der Waals surface area contributed by atoms with E-state index in [0.29, 0.717) is 6.04 Å². The Labute approximate surface area is 105 Å². The maximum Gasteiger partial charge on any atom is 0.0753 e. The Hall–Kier alpha value is -0.960. The second-order valence-electron chi connectivity index (χ2n) is 4.68. The molecule has 0 aliphatic heterocycles. The van der Waals surface area contributed by atoms with E-state index in [1.54, 1.807) is 12.4 Å². The standard InChI is InChI=1S/C14H25N3/c1-4-6-7-13(5-2)10-17-12(3)14-11-15-8-9-16-14/h8-9,11-13,17H,4-7,10H2,1-3H3. The molecule has 0 saturated carbocycles. The number of hydrogen-bond donors (Lipinski definition) is 1. The average molecular weight is 235 g/mol. The third kappa shape index (κ3) is 5.26. The number of nitrogens with zero attached hydrogens (tertiary/aromatic N) is 2. The summed E-state index contributed by atoms with van der Waals surface area (Å²) < 4.78 is 0. The zero-order valence-corrected chi connectivity index (χ0v) is 11.3. The highest BCUT2D eigenvalue weighted by atomic mass is 14.9. The first-order valence-corrected chi connectivity index (χ1v) is 6.77. The summed E-state index contributed by atoms with van der Waals surface area (Å²) in [5.41, 5.74) is 1.03. The SMILES string of the molecule is CCCCC(CC)CNC(C)c1cnccn1. The normalized spacial score (nSPS) is 14.5. The van der Waals surface area contributed by atoms with Gasteiger partial charge in [0, 0.05) is 24.6 Å². The van der Waals surface area contributed by atoms with E-state index in [2.05, 4.69) is 36.1 Å². The second kappa shape index (κ2) is 8.18. The number of nitrogens with one attached hydrogen (secondary N) is 1. The lowest BCUT2D eigenvalue weighted by Crippen LogP contribution is -2.26. The monoisotopic (exact) mass is 235 g/mol. The highest BCUT2D eigenvalue weighted by Crippen LogP contribution is 2.14. The molecule has 0 aliphatic rings. The van der Waals surface area contributed by atoms with Gasteiger partial charge in [-0.15, -0.1) is 0 Å². The quantitative estimate of drug-likeness (QED) is 0.751. The molecule has 0 aromatic carbocycles. The summed E-state index contributed by atoms with van der Waals surface area (Å²) in [6, 6.07) is 0.291. The maximum absolute atomic E-state index is 4.32. The summed E-state index contributed by atoms with van der Waals surface area (Å²) in [7, 11) is 0. The largest absolute Gasteiger partial charge is 0.309 e. The number of unbranched alkanes of at least 4 members (excludes halogenated alkanes) is 1. The Kier molecular flexibility index (Phi) is 6.78. The summed E-state index contributed by atoms with van der Waals surface area (Å²) in [5.74, 6) is 0.786. The summed E-state index contributed by atoms with van der Waals surface area (Å²) in [6.07, 6.45) is 10.5. The lowest BCUT2D eigenvalue weighted by molar-refractivity contribution is 0.396. The van der Waals surface area contributed by atoms with Gasteiger partial charge < -0.3 is 5.32 Å². The van der Waals surface area contributed by atoms with Crippen LogP contribution < -0.4 is 5.32 Å². The van der Waals surface area contributed by atoms with Crippen molar-refractivity contribution in [2.45, 2.75) is 52.5 Å². The third-order valence-electron chi connectivity index (χ3n) is 3.28. The summed E-state index contributed by atoms with van der Waals surface area (Å²) >= 11 is 0. The van der Waals surface area contributed by atoms with Crippen LogP contribution in [0.4, 0.5) is 0 Å². The predicted octanol–water partition coefficient (Wildman–Crippen LogP) is 3.34. The van der Waals surface area contributed by atoms with Crippen molar-refractivity contribution in [2.24, 2.45) is 5.92 Å². The fourth-order valence-corrected chi connectivity index (χ4v) is 1.93. The Morgan fingerprint density at radius 1 is 1.29 bits per heavy atom. The van der Waals surface area contributed by atoms with Crippen LogP contribution in [0.3, 0.4) is 0 Å². The van der Waals surface area contributed by atoms with Gasteiger partial charge in [-0.2, -0.15) is 0 Å². The lowest BCUT2D eigenvalue weighted by atomic mass is 9.99. The third-order valence-corrected chi connectivity index (χ3v) is 3.28. The molecule has 1 N–H and O–H groups in total. The first-order chi connectivity index (χ1) is 8.27. The van der Waals surface area contributed by atoms with E-state index >= 15 is 0 Å². The zero-order valence-electron chi connectivity index (χ0n) is 11.3. The van der Waals surface area contributed by atoms with Gasteiger partial charge in [0.1, 0.15) is 0 Å². The summed E-state index contributed by atoms with van der Waals surface area (Å²) in [5, 5.41) is 3.56. The van der Waals surface area contributed by atoms with Crippen LogP contribution in [-0.4, -0.2) is 16.5 Å². The molecule has 3 heteroatoms. The molecule has 0 radical (unpaired) electrons. The Morgan fingerprint density at radius 3 is 2.71 bits per heavy atom. The van der Waals surface area contributed by atoms with Crippen LogP contribution in [0.25, 0.3) is 0 Å². The molecule has 0 bridgehead atoms. The minimum Gasteiger partial charge on any atom is -0.309 e. The number of hydrogen-bond acceptors (Lipinski definition) is 3. The molecule has 17 heavy (non-hydrogen) atoms. The molecule has 1 aromatic rings. The lowest BCUT2D eigenvalue weighted by Gasteiger charge is -2.19. The molecule has 1 aromatic heterocycles. The molecule has 0 saturated heterocycles. The number of aromatic nitrogens is 2. The van der Waals surface area contributed by atoms with Crippen LogP contribution in [-0.2, 0) is 0 Å². The van der Waals surface area contributed by atoms with Crippen molar-refractivity contribution < 1.29 is 0 Å². The summed E-state index contributed by atoms with van der Waals surface area (Å²) in [6.45, 7) is 7.75. The molecule has 2 unspecified atom stereocenters. The van der Waals surface area contributed by atoms with Crippen LogP contribution in [0.1, 0.15) is 58.2 Å². The predicted molar refractivity (Wildman–Crippen MR) is 71.8 cm³/mol. The van der Waals surface area contributed by atoms with Crippen molar-refractivity contribution in [3.63, 3.8) is 0 Å². The van der Waals surface area contributed by atoms with Crippen molar-refractivity contribution in [3.05, 3.63) is 24.3 Å². The van der Waals surface area contributed by atoms with Gasteiger partial charge >= 0.3 is 0 Å². The fraction of sp³-hybridized carbons (Fsp3) is 0.714. The van der Waals surface area contributed by atoms with Crippen molar-refractivity contribution in [1.29, 1.82) is 0 Å². The molecule has 1 heterocycles. The first-order valence-electron chi connectivity index (χ1n) is 6.77. The molecule has 0 spiro atoms. The molecular formula is C14H25N3. The van der Waals surface area contributed by atoms with Gasteiger partial charge in [0.15, 0.2) is 0 Å². The molecule has 0 fully saturated rings. The highest BCUT2D eigenvalue weighted by molar-refractivity contribution is 5.00. The average Bonchev–Trinajstić information content (AvgIpc) is 2.39. The molecule has 96 valence electrons. The van der Waals surface area contributed by atoms with E-state index < -0.39 is 0 Å². The Balaban J connectivity index is 2.33. The van der Waals surface area contributed by atoms with Gasteiger partial charge in [-0.25, -0.2) is 0 Å². The van der Waals surface area contributed by atoms with Crippen LogP contribution in [0.2, 0.25) is 0 Å². The minimum absolute atomic E-state index is 0.291. The van der Waals surface area contributed by atoms with Gasteiger partial charge in [-0.05, 0) is 25.8 Å². The van der Waals surface area contributed by atoms with E-state index in [4.69, 9.17) is 0 Å². The van der Waals surface area contributed by atoms with Crippen molar-refractivity contribution in [1.82, 2.24) is 15.3 Å². The maximum atomic E-state index is 4.32. The molecule has 2 atom stereocenters. The molecular weight excluding hydrogens is 210 g/mol. The van der Waals surface area contributed by atoms with Gasteiger partial charge in [0.25, 0.3) is 0 Å². The van der Waals surface area contributed by atoms with Crippen LogP contribution in [0.15, 0.2) is 18.6 Å².